The van der Waals surface area contributed by atoms with Crippen LogP contribution in [-0.4, -0.2) is 19.5 Å². The molecule has 4 nitrogen and oxygen atoms in total. The first-order valence-corrected chi connectivity index (χ1v) is 19.6. The van der Waals surface area contributed by atoms with Crippen LogP contribution in [0.4, 0.5) is 0 Å². The minimum atomic E-state index is 0.628. The molecule has 262 valence electrons. The minimum absolute atomic E-state index is 0.628. The largest absolute Gasteiger partial charge is 0.309 e. The van der Waals surface area contributed by atoms with Gasteiger partial charge in [0.25, 0.3) is 0 Å². The molecule has 0 aliphatic heterocycles. The lowest BCUT2D eigenvalue weighted by molar-refractivity contribution is 1.07. The molecule has 8 aromatic carbocycles. The lowest BCUT2D eigenvalue weighted by atomic mass is 9.95. The summed E-state index contributed by atoms with van der Waals surface area (Å²) in [6.07, 6.45) is 0. The number of benzene rings is 8. The third kappa shape index (κ3) is 5.40. The van der Waals surface area contributed by atoms with Gasteiger partial charge in [-0.05, 0) is 59.2 Å². The Labute approximate surface area is 327 Å². The summed E-state index contributed by atoms with van der Waals surface area (Å²) in [5.74, 6) is 1.91. The van der Waals surface area contributed by atoms with Crippen LogP contribution in [-0.2, 0) is 0 Å². The van der Waals surface area contributed by atoms with E-state index in [0.29, 0.717) is 17.5 Å². The average molecular weight is 733 g/mol. The van der Waals surface area contributed by atoms with Crippen molar-refractivity contribution in [2.75, 3.05) is 0 Å². The molecule has 3 aromatic heterocycles. The molecule has 0 bridgehead atoms. The summed E-state index contributed by atoms with van der Waals surface area (Å²) in [7, 11) is 0. The van der Waals surface area contributed by atoms with Gasteiger partial charge in [-0.3, -0.25) is 0 Å². The Bertz CT molecular complexity index is 3190. The zero-order valence-corrected chi connectivity index (χ0v) is 31.0. The molecule has 5 heteroatoms. The van der Waals surface area contributed by atoms with Crippen molar-refractivity contribution in [2.45, 2.75) is 0 Å². The van der Waals surface area contributed by atoms with Gasteiger partial charge >= 0.3 is 0 Å². The highest BCUT2D eigenvalue weighted by Crippen LogP contribution is 2.46. The van der Waals surface area contributed by atoms with Gasteiger partial charge in [0.2, 0.25) is 0 Å². The van der Waals surface area contributed by atoms with E-state index in [0.717, 1.165) is 38.8 Å². The van der Waals surface area contributed by atoms with Gasteiger partial charge in [0, 0.05) is 58.9 Å². The van der Waals surface area contributed by atoms with E-state index in [4.69, 9.17) is 15.0 Å². The van der Waals surface area contributed by atoms with E-state index in [1.807, 2.05) is 29.5 Å². The predicted molar refractivity (Wildman–Crippen MR) is 234 cm³/mol. The first-order chi connectivity index (χ1) is 27.8. The maximum atomic E-state index is 5.32. The van der Waals surface area contributed by atoms with Crippen molar-refractivity contribution < 1.29 is 0 Å². The second-order valence-corrected chi connectivity index (χ2v) is 15.1. The monoisotopic (exact) mass is 732 g/mol. The van der Waals surface area contributed by atoms with Gasteiger partial charge in [-0.15, -0.1) is 11.3 Å². The van der Waals surface area contributed by atoms with Crippen molar-refractivity contribution in [1.29, 1.82) is 0 Å². The van der Waals surface area contributed by atoms with Crippen LogP contribution in [0.2, 0.25) is 0 Å². The van der Waals surface area contributed by atoms with Gasteiger partial charge in [0.05, 0.1) is 11.0 Å². The summed E-state index contributed by atoms with van der Waals surface area (Å²) in [4.78, 5) is 15.7. The normalized spacial score (nSPS) is 11.6. The summed E-state index contributed by atoms with van der Waals surface area (Å²) in [5, 5.41) is 4.79. The molecule has 0 amide bonds. The number of rotatable bonds is 6. The van der Waals surface area contributed by atoms with Crippen molar-refractivity contribution in [3.05, 3.63) is 194 Å². The summed E-state index contributed by atoms with van der Waals surface area (Å²) >= 11 is 1.83. The fourth-order valence-corrected chi connectivity index (χ4v) is 9.32. The van der Waals surface area contributed by atoms with Gasteiger partial charge in [-0.1, -0.05) is 152 Å². The van der Waals surface area contributed by atoms with Crippen LogP contribution >= 0.6 is 11.3 Å². The lowest BCUT2D eigenvalue weighted by Gasteiger charge is -2.12. The average Bonchev–Trinajstić information content (AvgIpc) is 3.83. The van der Waals surface area contributed by atoms with Crippen LogP contribution in [0.3, 0.4) is 0 Å². The van der Waals surface area contributed by atoms with Crippen LogP contribution in [0.25, 0.3) is 104 Å². The molecule has 0 saturated heterocycles. The summed E-state index contributed by atoms with van der Waals surface area (Å²) in [6.45, 7) is 0. The Kier molecular flexibility index (Phi) is 7.64. The highest BCUT2D eigenvalue weighted by molar-refractivity contribution is 7.26. The molecule has 0 saturated carbocycles. The minimum Gasteiger partial charge on any atom is -0.309 e. The first kappa shape index (κ1) is 32.2. The molecule has 3 heterocycles. The van der Waals surface area contributed by atoms with Gasteiger partial charge < -0.3 is 4.57 Å². The van der Waals surface area contributed by atoms with Gasteiger partial charge in [-0.25, -0.2) is 15.0 Å². The molecule has 0 unspecified atom stereocenters. The fourth-order valence-electron chi connectivity index (χ4n) is 8.07. The van der Waals surface area contributed by atoms with Crippen molar-refractivity contribution >= 4 is 53.3 Å². The molecular weight excluding hydrogens is 701 g/mol. The maximum Gasteiger partial charge on any atom is 0.164 e. The Balaban J connectivity index is 1.15. The summed E-state index contributed by atoms with van der Waals surface area (Å²) < 4.78 is 4.77. The molecular formula is C51H32N4S. The third-order valence-electron chi connectivity index (χ3n) is 10.6. The van der Waals surface area contributed by atoms with E-state index in [-0.39, 0.29) is 0 Å². The van der Waals surface area contributed by atoms with Gasteiger partial charge in [0.1, 0.15) is 0 Å². The molecule has 0 spiro atoms. The second kappa shape index (κ2) is 13.3. The van der Waals surface area contributed by atoms with Crippen molar-refractivity contribution in [2.24, 2.45) is 0 Å². The molecule has 0 aliphatic rings. The van der Waals surface area contributed by atoms with Crippen LogP contribution in [0, 0.1) is 0 Å². The smallest absolute Gasteiger partial charge is 0.164 e. The molecule has 11 aromatic rings. The number of thiophene rings is 1. The van der Waals surface area contributed by atoms with Crippen molar-refractivity contribution in [3.63, 3.8) is 0 Å². The molecule has 0 fully saturated rings. The Morgan fingerprint density at radius 3 is 1.61 bits per heavy atom. The Morgan fingerprint density at radius 2 is 0.911 bits per heavy atom. The van der Waals surface area contributed by atoms with E-state index < -0.39 is 0 Å². The van der Waals surface area contributed by atoms with E-state index in [1.165, 1.54) is 47.8 Å². The molecule has 0 N–H and O–H groups in total. The molecule has 0 atom stereocenters. The second-order valence-electron chi connectivity index (χ2n) is 14.0. The number of aromatic nitrogens is 4. The Morgan fingerprint density at radius 1 is 0.357 bits per heavy atom. The quantitative estimate of drug-likeness (QED) is 0.171. The van der Waals surface area contributed by atoms with Crippen LogP contribution in [0.5, 0.6) is 0 Å². The highest BCUT2D eigenvalue weighted by atomic mass is 32.1. The molecule has 0 radical (unpaired) electrons. The molecule has 56 heavy (non-hydrogen) atoms. The van der Waals surface area contributed by atoms with Crippen molar-refractivity contribution in [3.8, 4) is 62.1 Å². The van der Waals surface area contributed by atoms with E-state index >= 15 is 0 Å². The van der Waals surface area contributed by atoms with E-state index in [9.17, 15) is 0 Å². The van der Waals surface area contributed by atoms with Crippen LogP contribution in [0.15, 0.2) is 194 Å². The predicted octanol–water partition coefficient (Wildman–Crippen LogP) is 13.7. The zero-order chi connectivity index (χ0) is 37.0. The number of fused-ring (bicyclic) bond motifs is 6. The summed E-state index contributed by atoms with van der Waals surface area (Å²) in [5.41, 5.74) is 11.0. The lowest BCUT2D eigenvalue weighted by Crippen LogP contribution is -2.01. The first-order valence-electron chi connectivity index (χ1n) is 18.8. The maximum absolute atomic E-state index is 5.32. The van der Waals surface area contributed by atoms with Gasteiger partial charge in [-0.2, -0.15) is 0 Å². The topological polar surface area (TPSA) is 43.6 Å². The Hall–Kier alpha value is -7.21. The van der Waals surface area contributed by atoms with E-state index in [2.05, 4.69) is 180 Å². The fraction of sp³-hybridized carbons (Fsp3) is 0. The SMILES string of the molecule is c1ccc(-c2cc(-c3ccccc3)c3sc4cccc(-c5nc(-c6ccccc6)nc(-c6cccc(-n7c8ccccc8c8ccccc87)c6)n5)c4c3c2)cc1. The number of hydrogen-bond donors (Lipinski definition) is 0. The van der Waals surface area contributed by atoms with Crippen LogP contribution in [0.1, 0.15) is 0 Å². The van der Waals surface area contributed by atoms with Crippen molar-refractivity contribution in [1.82, 2.24) is 19.5 Å². The number of para-hydroxylation sites is 2. The molecule has 11 rings (SSSR count). The zero-order valence-electron chi connectivity index (χ0n) is 30.2. The summed E-state index contributed by atoms with van der Waals surface area (Å²) in [6, 6.07) is 68.5. The third-order valence-corrected chi connectivity index (χ3v) is 11.8. The van der Waals surface area contributed by atoms with E-state index in [1.54, 1.807) is 0 Å². The van der Waals surface area contributed by atoms with Gasteiger partial charge in [0.15, 0.2) is 17.5 Å². The standard InChI is InChI=1S/C51H32N4S/c1-4-16-33(17-5-1)37-31-42(34-18-6-2-7-19-34)48-43(32-37)47-41(26-15-29-46(47)56-48)51-53-49(35-20-8-3-9-21-35)52-50(54-51)36-22-14-23-38(30-36)55-44-27-12-10-24-39(44)40-25-11-13-28-45(40)55/h1-32H. The molecule has 0 aliphatic carbocycles. The number of hydrogen-bond acceptors (Lipinski definition) is 4. The highest BCUT2D eigenvalue weighted by Gasteiger charge is 2.20. The van der Waals surface area contributed by atoms with Crippen LogP contribution < -0.4 is 0 Å². The number of nitrogens with zero attached hydrogens (tertiary/aromatic N) is 4.